The Labute approximate surface area is 177 Å². The molecule has 1 aromatic heterocycles. The smallest absolute Gasteiger partial charge is 0.224 e. The largest absolute Gasteiger partial charge is 0.488 e. The van der Waals surface area contributed by atoms with Crippen molar-refractivity contribution >= 4 is 5.91 Å². The van der Waals surface area contributed by atoms with E-state index < -0.39 is 6.10 Å². The lowest BCUT2D eigenvalue weighted by atomic mass is 9.97. The summed E-state index contributed by atoms with van der Waals surface area (Å²) in [7, 11) is 1.64. The van der Waals surface area contributed by atoms with Crippen molar-refractivity contribution in [2.45, 2.75) is 38.4 Å². The van der Waals surface area contributed by atoms with Crippen molar-refractivity contribution in [1.82, 2.24) is 10.3 Å². The third-order valence-corrected chi connectivity index (χ3v) is 5.13. The number of nitrogens with zero attached hydrogens (tertiary/aromatic N) is 1. The van der Waals surface area contributed by atoms with E-state index in [1.807, 2.05) is 73.8 Å². The molecule has 5 nitrogen and oxygen atoms in total. The normalized spacial score (nSPS) is 12.8. The van der Waals surface area contributed by atoms with Crippen LogP contribution in [0.1, 0.15) is 24.5 Å². The zero-order valence-corrected chi connectivity index (χ0v) is 17.4. The molecule has 0 unspecified atom stereocenters. The Bertz CT molecular complexity index is 942. The Morgan fingerprint density at radius 2 is 1.87 bits per heavy atom. The van der Waals surface area contributed by atoms with Gasteiger partial charge in [0.2, 0.25) is 5.91 Å². The molecule has 3 rings (SSSR count). The standard InChI is InChI=1S/C25H28N2O3/c1-18(24(28)14-9-19-6-5-15-27-17-19)30-22-12-10-20(11-13-22)23-8-4-3-7-21(23)16-25(29)26-2/h3-8,10-13,15,17-18,24,28H,9,14,16H2,1-2H3,(H,26,29)/t18-,24+/m0/s1. The Morgan fingerprint density at radius 3 is 2.57 bits per heavy atom. The van der Waals surface area contributed by atoms with E-state index in [1.165, 1.54) is 0 Å². The van der Waals surface area contributed by atoms with E-state index in [-0.39, 0.29) is 12.0 Å². The Kier molecular flexibility index (Phi) is 7.57. The molecule has 30 heavy (non-hydrogen) atoms. The van der Waals surface area contributed by atoms with Gasteiger partial charge in [0.05, 0.1) is 12.5 Å². The summed E-state index contributed by atoms with van der Waals surface area (Å²) in [5.74, 6) is 0.687. The van der Waals surface area contributed by atoms with Crippen molar-refractivity contribution in [1.29, 1.82) is 0 Å². The predicted octanol–water partition coefficient (Wildman–Crippen LogP) is 3.80. The highest BCUT2D eigenvalue weighted by molar-refractivity contribution is 5.81. The highest BCUT2D eigenvalue weighted by Crippen LogP contribution is 2.27. The van der Waals surface area contributed by atoms with Gasteiger partial charge in [-0.1, -0.05) is 42.5 Å². The number of benzene rings is 2. The summed E-state index contributed by atoms with van der Waals surface area (Å²) >= 11 is 0. The number of carbonyl (C=O) groups excluding carboxylic acids is 1. The number of amides is 1. The summed E-state index contributed by atoms with van der Waals surface area (Å²) in [6.07, 6.45) is 4.36. The lowest BCUT2D eigenvalue weighted by Crippen LogP contribution is -2.29. The van der Waals surface area contributed by atoms with Crippen LogP contribution >= 0.6 is 0 Å². The Balaban J connectivity index is 1.61. The van der Waals surface area contributed by atoms with E-state index in [1.54, 1.807) is 13.2 Å². The summed E-state index contributed by atoms with van der Waals surface area (Å²) in [5.41, 5.74) is 4.12. The second-order valence-electron chi connectivity index (χ2n) is 7.32. The van der Waals surface area contributed by atoms with Crippen molar-refractivity contribution in [2.75, 3.05) is 7.05 Å². The van der Waals surface area contributed by atoms with E-state index >= 15 is 0 Å². The number of aryl methyl sites for hydroxylation is 1. The minimum atomic E-state index is -0.571. The lowest BCUT2D eigenvalue weighted by Gasteiger charge is -2.21. The highest BCUT2D eigenvalue weighted by atomic mass is 16.5. The first-order valence-electron chi connectivity index (χ1n) is 10.2. The van der Waals surface area contributed by atoms with Gasteiger partial charge >= 0.3 is 0 Å². The lowest BCUT2D eigenvalue weighted by molar-refractivity contribution is -0.119. The van der Waals surface area contributed by atoms with Crippen molar-refractivity contribution in [2.24, 2.45) is 0 Å². The van der Waals surface area contributed by atoms with Crippen LogP contribution < -0.4 is 10.1 Å². The van der Waals surface area contributed by atoms with Crippen LogP contribution in [0.15, 0.2) is 73.1 Å². The van der Waals surface area contributed by atoms with Gasteiger partial charge in [0.25, 0.3) is 0 Å². The fourth-order valence-corrected chi connectivity index (χ4v) is 3.32. The van der Waals surface area contributed by atoms with Gasteiger partial charge in [-0.3, -0.25) is 9.78 Å². The van der Waals surface area contributed by atoms with Gasteiger partial charge in [-0.15, -0.1) is 0 Å². The number of rotatable bonds is 9. The maximum Gasteiger partial charge on any atom is 0.224 e. The van der Waals surface area contributed by atoms with Gasteiger partial charge in [-0.2, -0.15) is 0 Å². The zero-order valence-electron chi connectivity index (χ0n) is 17.4. The number of aliphatic hydroxyl groups is 1. The molecule has 0 bridgehead atoms. The minimum Gasteiger partial charge on any atom is -0.488 e. The fraction of sp³-hybridized carbons (Fsp3) is 0.280. The number of aliphatic hydroxyl groups excluding tert-OH is 1. The number of ether oxygens (including phenoxy) is 1. The van der Waals surface area contributed by atoms with Crippen LogP contribution in [-0.4, -0.2) is 35.3 Å². The van der Waals surface area contributed by atoms with E-state index in [0.29, 0.717) is 18.6 Å². The van der Waals surface area contributed by atoms with E-state index in [0.717, 1.165) is 28.7 Å². The molecule has 1 heterocycles. The predicted molar refractivity (Wildman–Crippen MR) is 118 cm³/mol. The molecule has 0 fully saturated rings. The fourth-order valence-electron chi connectivity index (χ4n) is 3.32. The third-order valence-electron chi connectivity index (χ3n) is 5.13. The van der Waals surface area contributed by atoms with E-state index in [4.69, 9.17) is 4.74 Å². The molecule has 2 aromatic carbocycles. The Morgan fingerprint density at radius 1 is 1.10 bits per heavy atom. The number of hydrogen-bond donors (Lipinski definition) is 2. The highest BCUT2D eigenvalue weighted by Gasteiger charge is 2.16. The summed E-state index contributed by atoms with van der Waals surface area (Å²) < 4.78 is 5.94. The van der Waals surface area contributed by atoms with Crippen LogP contribution in [0.5, 0.6) is 5.75 Å². The Hall–Kier alpha value is -3.18. The second-order valence-corrected chi connectivity index (χ2v) is 7.32. The first-order valence-corrected chi connectivity index (χ1v) is 10.2. The van der Waals surface area contributed by atoms with E-state index in [9.17, 15) is 9.90 Å². The van der Waals surface area contributed by atoms with Crippen LogP contribution in [0.3, 0.4) is 0 Å². The molecule has 0 saturated carbocycles. The molecule has 3 aromatic rings. The molecule has 2 atom stereocenters. The molecule has 0 aliphatic heterocycles. The molecule has 156 valence electrons. The van der Waals surface area contributed by atoms with Gasteiger partial charge in [0.15, 0.2) is 0 Å². The first kappa shape index (κ1) is 21.5. The molecule has 1 amide bonds. The number of nitrogens with one attached hydrogen (secondary N) is 1. The number of hydrogen-bond acceptors (Lipinski definition) is 4. The van der Waals surface area contributed by atoms with Gasteiger partial charge in [-0.25, -0.2) is 0 Å². The molecule has 0 aliphatic rings. The van der Waals surface area contributed by atoms with Gasteiger partial charge < -0.3 is 15.2 Å². The summed E-state index contributed by atoms with van der Waals surface area (Å²) in [6, 6.07) is 19.5. The van der Waals surface area contributed by atoms with Crippen LogP contribution in [0, 0.1) is 0 Å². The molecule has 2 N–H and O–H groups in total. The van der Waals surface area contributed by atoms with Crippen LogP contribution in [0.2, 0.25) is 0 Å². The topological polar surface area (TPSA) is 71.5 Å². The molecule has 0 radical (unpaired) electrons. The van der Waals surface area contributed by atoms with Gasteiger partial charge in [0.1, 0.15) is 11.9 Å². The van der Waals surface area contributed by atoms with Crippen molar-refractivity contribution in [3.05, 3.63) is 84.2 Å². The maximum absolute atomic E-state index is 11.8. The monoisotopic (exact) mass is 404 g/mol. The van der Waals surface area contributed by atoms with Crippen LogP contribution in [0.4, 0.5) is 0 Å². The summed E-state index contributed by atoms with van der Waals surface area (Å²) in [4.78, 5) is 15.9. The molecule has 0 spiro atoms. The third kappa shape index (κ3) is 5.91. The van der Waals surface area contributed by atoms with Crippen LogP contribution in [0.25, 0.3) is 11.1 Å². The molecular weight excluding hydrogens is 376 g/mol. The number of likely N-dealkylation sites (N-methyl/N-ethyl adjacent to an activating group) is 1. The molecular formula is C25H28N2O3. The quantitative estimate of drug-likeness (QED) is 0.569. The first-order chi connectivity index (χ1) is 14.6. The maximum atomic E-state index is 11.8. The molecule has 0 saturated heterocycles. The van der Waals surface area contributed by atoms with Crippen LogP contribution in [-0.2, 0) is 17.6 Å². The average molecular weight is 405 g/mol. The SMILES string of the molecule is CNC(=O)Cc1ccccc1-c1ccc(O[C@@H](C)[C@H](O)CCc2cccnc2)cc1. The van der Waals surface area contributed by atoms with E-state index in [2.05, 4.69) is 10.3 Å². The average Bonchev–Trinajstić information content (AvgIpc) is 2.79. The van der Waals surface area contributed by atoms with Gasteiger partial charge in [0, 0.05) is 19.4 Å². The van der Waals surface area contributed by atoms with Crippen molar-refractivity contribution in [3.8, 4) is 16.9 Å². The number of pyridine rings is 1. The van der Waals surface area contributed by atoms with Gasteiger partial charge in [-0.05, 0) is 60.2 Å². The summed E-state index contributed by atoms with van der Waals surface area (Å²) in [5, 5.41) is 13.1. The zero-order chi connectivity index (χ0) is 21.3. The second kappa shape index (κ2) is 10.6. The number of aromatic nitrogens is 1. The summed E-state index contributed by atoms with van der Waals surface area (Å²) in [6.45, 7) is 1.88. The molecule has 0 aliphatic carbocycles. The van der Waals surface area contributed by atoms with Crippen molar-refractivity contribution < 1.29 is 14.6 Å². The van der Waals surface area contributed by atoms with Crippen molar-refractivity contribution in [3.63, 3.8) is 0 Å². The minimum absolute atomic E-state index is 0.0171. The molecule has 5 heteroatoms. The number of carbonyl (C=O) groups is 1.